The van der Waals surface area contributed by atoms with Crippen LogP contribution in [0.5, 0.6) is 0 Å². The van der Waals surface area contributed by atoms with Crippen LogP contribution in [0.15, 0.2) is 42.5 Å². The third-order valence-corrected chi connectivity index (χ3v) is 6.01. The second-order valence-electron chi connectivity index (χ2n) is 7.24. The van der Waals surface area contributed by atoms with E-state index in [1.165, 1.54) is 17.7 Å². The number of sulfonamides is 1. The summed E-state index contributed by atoms with van der Waals surface area (Å²) >= 11 is 0. The van der Waals surface area contributed by atoms with Crippen LogP contribution in [0.3, 0.4) is 0 Å². The monoisotopic (exact) mass is 447 g/mol. The predicted octanol–water partition coefficient (Wildman–Crippen LogP) is 2.84. The molecule has 31 heavy (non-hydrogen) atoms. The van der Waals surface area contributed by atoms with Crippen molar-refractivity contribution in [2.75, 3.05) is 41.5 Å². The number of benzene rings is 2. The van der Waals surface area contributed by atoms with Gasteiger partial charge in [-0.25, -0.2) is 13.2 Å². The molecule has 0 fully saturated rings. The van der Waals surface area contributed by atoms with E-state index < -0.39 is 16.1 Å². The third-order valence-electron chi connectivity index (χ3n) is 4.74. The lowest BCUT2D eigenvalue weighted by Crippen LogP contribution is -2.34. The van der Waals surface area contributed by atoms with Crippen molar-refractivity contribution in [2.45, 2.75) is 19.4 Å². The fraction of sp³-hybridized carbons (Fsp3) is 0.333. The molecule has 3 rings (SSSR count). The highest BCUT2D eigenvalue weighted by atomic mass is 32.2. The van der Waals surface area contributed by atoms with Gasteiger partial charge in [0.25, 0.3) is 5.91 Å². The Morgan fingerprint density at radius 3 is 2.48 bits per heavy atom. The number of fused-ring (bicyclic) bond motifs is 1. The van der Waals surface area contributed by atoms with Gasteiger partial charge in [0, 0.05) is 30.1 Å². The van der Waals surface area contributed by atoms with Gasteiger partial charge in [-0.05, 0) is 55.3 Å². The van der Waals surface area contributed by atoms with E-state index in [-0.39, 0.29) is 18.6 Å². The summed E-state index contributed by atoms with van der Waals surface area (Å²) in [7, 11) is -1.88. The molecule has 9 nitrogen and oxygen atoms in total. The molecule has 0 bridgehead atoms. The molecule has 2 N–H and O–H groups in total. The van der Waals surface area contributed by atoms with Crippen LogP contribution in [0.25, 0.3) is 0 Å². The van der Waals surface area contributed by atoms with E-state index in [0.29, 0.717) is 35.7 Å². The van der Waals surface area contributed by atoms with Crippen LogP contribution >= 0.6 is 0 Å². The molecule has 1 heterocycles. The maximum absolute atomic E-state index is 12.7. The van der Waals surface area contributed by atoms with Crippen molar-refractivity contribution in [1.29, 1.82) is 0 Å². The Labute approximate surface area is 181 Å². The van der Waals surface area contributed by atoms with Crippen molar-refractivity contribution >= 4 is 39.1 Å². The normalized spacial score (nSPS) is 15.3. The van der Waals surface area contributed by atoms with Gasteiger partial charge in [0.15, 0.2) is 0 Å². The Morgan fingerprint density at radius 1 is 1.10 bits per heavy atom. The predicted molar refractivity (Wildman–Crippen MR) is 118 cm³/mol. The summed E-state index contributed by atoms with van der Waals surface area (Å²) in [4.78, 5) is 24.5. The Morgan fingerprint density at radius 2 is 1.81 bits per heavy atom. The fourth-order valence-corrected chi connectivity index (χ4v) is 4.76. The summed E-state index contributed by atoms with van der Waals surface area (Å²) in [6.45, 7) is 2.26. The van der Waals surface area contributed by atoms with Crippen molar-refractivity contribution in [3.63, 3.8) is 0 Å². The van der Waals surface area contributed by atoms with E-state index in [1.54, 1.807) is 42.5 Å². The number of nitrogens with one attached hydrogen (secondary N) is 2. The van der Waals surface area contributed by atoms with Gasteiger partial charge in [-0.3, -0.25) is 14.4 Å². The van der Waals surface area contributed by atoms with Crippen molar-refractivity contribution in [2.24, 2.45) is 0 Å². The maximum atomic E-state index is 12.7. The number of ether oxygens (including phenoxy) is 2. The lowest BCUT2D eigenvalue weighted by molar-refractivity contribution is 0.102. The van der Waals surface area contributed by atoms with Gasteiger partial charge in [0.2, 0.25) is 10.0 Å². The molecular formula is C21H25N3O6S. The first-order valence-corrected chi connectivity index (χ1v) is 11.5. The number of hydrogen-bond acceptors (Lipinski definition) is 6. The molecule has 1 unspecified atom stereocenters. The molecule has 0 saturated heterocycles. The molecular weight excluding hydrogens is 422 g/mol. The molecule has 1 atom stereocenters. The van der Waals surface area contributed by atoms with Crippen molar-refractivity contribution in [3.8, 4) is 0 Å². The van der Waals surface area contributed by atoms with Crippen molar-refractivity contribution < 1.29 is 27.5 Å². The van der Waals surface area contributed by atoms with Crippen LogP contribution in [-0.2, 0) is 25.9 Å². The Kier molecular flexibility index (Phi) is 6.81. The average molecular weight is 448 g/mol. The maximum Gasteiger partial charge on any atom is 0.411 e. The quantitative estimate of drug-likeness (QED) is 0.631. The molecule has 2 amide bonds. The van der Waals surface area contributed by atoms with Gasteiger partial charge in [0.1, 0.15) is 6.61 Å². The molecule has 0 saturated carbocycles. The highest BCUT2D eigenvalue weighted by molar-refractivity contribution is 7.92. The highest BCUT2D eigenvalue weighted by Gasteiger charge is 2.32. The number of hydrogen-bond donors (Lipinski definition) is 2. The molecule has 2 aromatic carbocycles. The van der Waals surface area contributed by atoms with Crippen LogP contribution in [0.1, 0.15) is 22.8 Å². The minimum Gasteiger partial charge on any atom is -0.447 e. The van der Waals surface area contributed by atoms with Gasteiger partial charge < -0.3 is 14.8 Å². The van der Waals surface area contributed by atoms with Crippen LogP contribution in [-0.4, -0.2) is 53.0 Å². The standard InChI is InChI=1S/C21H25N3O6S/c1-14-11-16-12-15(7-8-19(16)24(14)31(3,27)28)20(25)22-17-5-4-6-18(13-17)23-21(26)30-10-9-29-2/h4-8,12-14H,9-11H2,1-3H3,(H,22,25)(H,23,26). The van der Waals surface area contributed by atoms with Gasteiger partial charge >= 0.3 is 6.09 Å². The Balaban J connectivity index is 1.69. The van der Waals surface area contributed by atoms with Gasteiger partial charge in [0.05, 0.1) is 18.6 Å². The summed E-state index contributed by atoms with van der Waals surface area (Å²) in [6.07, 6.45) is 1.09. The fourth-order valence-electron chi connectivity index (χ4n) is 3.50. The van der Waals surface area contributed by atoms with Crippen LogP contribution < -0.4 is 14.9 Å². The molecule has 1 aliphatic rings. The molecule has 0 aromatic heterocycles. The van der Waals surface area contributed by atoms with Crippen molar-refractivity contribution in [1.82, 2.24) is 0 Å². The summed E-state index contributed by atoms with van der Waals surface area (Å²) in [5.74, 6) is -0.340. The van der Waals surface area contributed by atoms with Crippen LogP contribution in [0, 0.1) is 0 Å². The minimum absolute atomic E-state index is 0.131. The second-order valence-corrected chi connectivity index (χ2v) is 9.10. The van der Waals surface area contributed by atoms with Gasteiger partial charge in [-0.1, -0.05) is 6.07 Å². The number of amides is 2. The smallest absolute Gasteiger partial charge is 0.411 e. The summed E-state index contributed by atoms with van der Waals surface area (Å²) in [5.41, 5.74) is 2.78. The van der Waals surface area contributed by atoms with Crippen LogP contribution in [0.4, 0.5) is 21.9 Å². The average Bonchev–Trinajstić information content (AvgIpc) is 3.03. The molecule has 1 aliphatic heterocycles. The number of anilines is 3. The highest BCUT2D eigenvalue weighted by Crippen LogP contribution is 2.34. The van der Waals surface area contributed by atoms with E-state index in [4.69, 9.17) is 9.47 Å². The topological polar surface area (TPSA) is 114 Å². The minimum atomic E-state index is -3.39. The van der Waals surface area contributed by atoms with Crippen molar-refractivity contribution in [3.05, 3.63) is 53.6 Å². The molecule has 10 heteroatoms. The van der Waals surface area contributed by atoms with Gasteiger partial charge in [-0.2, -0.15) is 0 Å². The molecule has 0 radical (unpaired) electrons. The summed E-state index contributed by atoms with van der Waals surface area (Å²) in [6, 6.07) is 11.4. The number of methoxy groups -OCH3 is 1. The van der Waals surface area contributed by atoms with Crippen LogP contribution in [0.2, 0.25) is 0 Å². The lowest BCUT2D eigenvalue weighted by Gasteiger charge is -2.21. The Hall–Kier alpha value is -3.11. The van der Waals surface area contributed by atoms with E-state index in [2.05, 4.69) is 10.6 Å². The summed E-state index contributed by atoms with van der Waals surface area (Å²) < 4.78 is 35.2. The molecule has 0 aliphatic carbocycles. The third kappa shape index (κ3) is 5.53. The first-order valence-electron chi connectivity index (χ1n) is 9.65. The zero-order chi connectivity index (χ0) is 22.6. The van der Waals surface area contributed by atoms with Gasteiger partial charge in [-0.15, -0.1) is 0 Å². The Bertz CT molecular complexity index is 1090. The first kappa shape index (κ1) is 22.6. The molecule has 2 aromatic rings. The van der Waals surface area contributed by atoms with E-state index in [1.807, 2.05) is 6.92 Å². The SMILES string of the molecule is COCCOC(=O)Nc1cccc(NC(=O)c2ccc3c(c2)CC(C)N3S(C)(=O)=O)c1. The van der Waals surface area contributed by atoms with E-state index in [0.717, 1.165) is 5.56 Å². The summed E-state index contributed by atoms with van der Waals surface area (Å²) in [5, 5.41) is 5.37. The lowest BCUT2D eigenvalue weighted by atomic mass is 10.1. The van der Waals surface area contributed by atoms with E-state index >= 15 is 0 Å². The number of carbonyl (C=O) groups excluding carboxylic acids is 2. The largest absolute Gasteiger partial charge is 0.447 e. The zero-order valence-corrected chi connectivity index (χ0v) is 18.4. The number of nitrogens with zero attached hydrogens (tertiary/aromatic N) is 1. The number of rotatable bonds is 7. The molecule has 0 spiro atoms. The zero-order valence-electron chi connectivity index (χ0n) is 17.5. The van der Waals surface area contributed by atoms with E-state index in [9.17, 15) is 18.0 Å². The first-order chi connectivity index (χ1) is 14.7. The second kappa shape index (κ2) is 9.36. The number of carbonyl (C=O) groups is 2. The molecule has 166 valence electrons.